The molecule has 1 aliphatic heterocycles. The molecule has 5 atom stereocenters. The van der Waals surface area contributed by atoms with Gasteiger partial charge in [-0.1, -0.05) is 28.5 Å². The van der Waals surface area contributed by atoms with Gasteiger partial charge in [0.25, 0.3) is 0 Å². The number of aromatic nitrogens is 1. The quantitative estimate of drug-likeness (QED) is 0.184. The normalized spacial score (nSPS) is 24.4. The fraction of sp³-hybridized carbons (Fsp3) is 0.500. The van der Waals surface area contributed by atoms with Crippen molar-refractivity contribution >= 4 is 41.3 Å². The summed E-state index contributed by atoms with van der Waals surface area (Å²) in [5.41, 5.74) is 8.11. The van der Waals surface area contributed by atoms with Crippen LogP contribution in [-0.2, 0) is 33.3 Å². The SMILES string of the molecule is CC(=O)OCC1O[C@H](Sc2cnc(C#N)c(Cl)c2)[C@@H](OC(C)=O)C(N=[N+]=[N-])[C@H]1OC(C)=O. The Balaban J connectivity index is 2.46. The first-order valence-electron chi connectivity index (χ1n) is 9.06. The molecule has 0 radical (unpaired) electrons. The Bertz CT molecular complexity index is 981. The Morgan fingerprint density at radius 3 is 2.47 bits per heavy atom. The zero-order valence-electron chi connectivity index (χ0n) is 17.1. The molecule has 0 bridgehead atoms. The number of nitriles is 1. The van der Waals surface area contributed by atoms with E-state index in [-0.39, 0.29) is 17.3 Å². The number of hydrogen-bond donors (Lipinski definition) is 0. The van der Waals surface area contributed by atoms with Crippen LogP contribution in [0.1, 0.15) is 26.5 Å². The van der Waals surface area contributed by atoms with Gasteiger partial charge in [0.2, 0.25) is 0 Å². The molecule has 1 fully saturated rings. The van der Waals surface area contributed by atoms with Crippen LogP contribution < -0.4 is 0 Å². The molecule has 0 N–H and O–H groups in total. The fourth-order valence-electron chi connectivity index (χ4n) is 2.87. The number of esters is 3. The summed E-state index contributed by atoms with van der Waals surface area (Å²) in [7, 11) is 0. The number of nitrogens with zero attached hydrogens (tertiary/aromatic N) is 5. The maximum Gasteiger partial charge on any atom is 0.303 e. The standard InChI is InChI=1S/C18H18ClN5O7S/c1-8(25)28-7-14-16(29-9(2)26)15(23-24-21)17(30-10(3)27)18(31-14)32-11-4-12(19)13(5-20)22-6-11/h4,6,14-18H,7H2,1-3H3/t14?,15?,16-,17-,18+/m0/s1. The molecule has 12 nitrogen and oxygen atoms in total. The lowest BCUT2D eigenvalue weighted by molar-refractivity contribution is -0.201. The van der Waals surface area contributed by atoms with E-state index in [2.05, 4.69) is 15.0 Å². The van der Waals surface area contributed by atoms with Crippen LogP contribution in [0.15, 0.2) is 22.3 Å². The number of azide groups is 1. The number of halogens is 1. The minimum atomic E-state index is -1.20. The maximum atomic E-state index is 11.8. The number of carbonyl (C=O) groups excluding carboxylic acids is 3. The van der Waals surface area contributed by atoms with Crippen molar-refractivity contribution in [3.8, 4) is 6.07 Å². The summed E-state index contributed by atoms with van der Waals surface area (Å²) in [6, 6.07) is 2.11. The summed E-state index contributed by atoms with van der Waals surface area (Å²) in [6.07, 6.45) is -2.05. The zero-order valence-corrected chi connectivity index (χ0v) is 18.7. The molecule has 0 spiro atoms. The van der Waals surface area contributed by atoms with Gasteiger partial charge in [-0.25, -0.2) is 4.98 Å². The van der Waals surface area contributed by atoms with E-state index in [4.69, 9.17) is 41.3 Å². The van der Waals surface area contributed by atoms with Crippen LogP contribution in [-0.4, -0.2) is 59.3 Å². The fourth-order valence-corrected chi connectivity index (χ4v) is 4.26. The average Bonchev–Trinajstić information content (AvgIpc) is 2.70. The van der Waals surface area contributed by atoms with Crippen LogP contribution in [0.2, 0.25) is 5.02 Å². The van der Waals surface area contributed by atoms with E-state index in [1.165, 1.54) is 19.2 Å². The van der Waals surface area contributed by atoms with Crippen molar-refractivity contribution < 1.29 is 33.3 Å². The van der Waals surface area contributed by atoms with Gasteiger partial charge in [0.15, 0.2) is 5.69 Å². The van der Waals surface area contributed by atoms with Crippen LogP contribution in [0.5, 0.6) is 0 Å². The molecule has 170 valence electrons. The van der Waals surface area contributed by atoms with E-state index in [1.54, 1.807) is 0 Å². The number of rotatable bonds is 7. The third kappa shape index (κ3) is 6.73. The molecule has 1 aromatic heterocycles. The summed E-state index contributed by atoms with van der Waals surface area (Å²) in [5, 5.41) is 12.8. The van der Waals surface area contributed by atoms with Gasteiger partial charge in [-0.3, -0.25) is 14.4 Å². The maximum absolute atomic E-state index is 11.8. The Morgan fingerprint density at radius 1 is 1.28 bits per heavy atom. The molecule has 14 heteroatoms. The highest BCUT2D eigenvalue weighted by atomic mass is 35.5. The van der Waals surface area contributed by atoms with Crippen molar-refractivity contribution in [1.29, 1.82) is 5.26 Å². The van der Waals surface area contributed by atoms with Gasteiger partial charge < -0.3 is 18.9 Å². The van der Waals surface area contributed by atoms with Gasteiger partial charge in [0, 0.05) is 36.8 Å². The first-order valence-corrected chi connectivity index (χ1v) is 10.3. The topological polar surface area (TPSA) is 174 Å². The lowest BCUT2D eigenvalue weighted by Crippen LogP contribution is -2.59. The summed E-state index contributed by atoms with van der Waals surface area (Å²) < 4.78 is 21.6. The van der Waals surface area contributed by atoms with E-state index in [1.807, 2.05) is 6.07 Å². The summed E-state index contributed by atoms with van der Waals surface area (Å²) in [4.78, 5) is 41.9. The summed E-state index contributed by atoms with van der Waals surface area (Å²) >= 11 is 7.05. The van der Waals surface area contributed by atoms with Crippen LogP contribution in [0.3, 0.4) is 0 Å². The zero-order chi connectivity index (χ0) is 23.8. The van der Waals surface area contributed by atoms with Crippen molar-refractivity contribution in [1.82, 2.24) is 4.98 Å². The second-order valence-electron chi connectivity index (χ2n) is 6.42. The number of carbonyl (C=O) groups is 3. The molecule has 1 saturated heterocycles. The molecule has 32 heavy (non-hydrogen) atoms. The minimum absolute atomic E-state index is 0.0201. The predicted molar refractivity (Wildman–Crippen MR) is 109 cm³/mol. The molecule has 2 rings (SSSR count). The Labute approximate surface area is 191 Å². The monoisotopic (exact) mass is 483 g/mol. The van der Waals surface area contributed by atoms with Crippen molar-refractivity contribution in [3.05, 3.63) is 33.4 Å². The Morgan fingerprint density at radius 2 is 1.94 bits per heavy atom. The molecule has 2 heterocycles. The van der Waals surface area contributed by atoms with Gasteiger partial charge >= 0.3 is 17.9 Å². The lowest BCUT2D eigenvalue weighted by atomic mass is 9.97. The number of pyridine rings is 1. The third-order valence-corrected chi connectivity index (χ3v) is 5.43. The van der Waals surface area contributed by atoms with Gasteiger partial charge in [0.05, 0.1) is 5.02 Å². The highest BCUT2D eigenvalue weighted by Gasteiger charge is 2.50. The van der Waals surface area contributed by atoms with Crippen LogP contribution >= 0.6 is 23.4 Å². The smallest absolute Gasteiger partial charge is 0.303 e. The Kier molecular flexibility index (Phi) is 9.10. The Hall–Kier alpha value is -3.04. The van der Waals surface area contributed by atoms with E-state index < -0.39 is 47.7 Å². The highest BCUT2D eigenvalue weighted by Crippen LogP contribution is 2.38. The highest BCUT2D eigenvalue weighted by molar-refractivity contribution is 7.99. The van der Waals surface area contributed by atoms with Crippen LogP contribution in [0.4, 0.5) is 0 Å². The van der Waals surface area contributed by atoms with E-state index >= 15 is 0 Å². The average molecular weight is 484 g/mol. The van der Waals surface area contributed by atoms with Crippen molar-refractivity contribution in [2.24, 2.45) is 5.11 Å². The number of ether oxygens (including phenoxy) is 4. The molecule has 0 saturated carbocycles. The molecule has 0 aliphatic carbocycles. The second-order valence-corrected chi connectivity index (χ2v) is 8.00. The number of hydrogen-bond acceptors (Lipinski definition) is 11. The largest absolute Gasteiger partial charge is 0.463 e. The summed E-state index contributed by atoms with van der Waals surface area (Å²) in [6.45, 7) is 3.16. The molecule has 0 amide bonds. The van der Waals surface area contributed by atoms with E-state index in [0.717, 1.165) is 25.6 Å². The summed E-state index contributed by atoms with van der Waals surface area (Å²) in [5.74, 6) is -2.01. The van der Waals surface area contributed by atoms with Crippen molar-refractivity contribution in [3.63, 3.8) is 0 Å². The molecule has 2 unspecified atom stereocenters. The van der Waals surface area contributed by atoms with E-state index in [9.17, 15) is 14.4 Å². The van der Waals surface area contributed by atoms with Crippen molar-refractivity contribution in [2.45, 2.75) is 55.5 Å². The predicted octanol–water partition coefficient (Wildman–Crippen LogP) is 2.53. The second kappa shape index (κ2) is 11.5. The molecular formula is C18H18ClN5O7S. The van der Waals surface area contributed by atoms with Gasteiger partial charge in [-0.2, -0.15) is 5.26 Å². The van der Waals surface area contributed by atoms with Gasteiger partial charge in [0.1, 0.15) is 42.5 Å². The third-order valence-electron chi connectivity index (χ3n) is 4.03. The molecule has 1 aliphatic rings. The van der Waals surface area contributed by atoms with Gasteiger partial charge in [-0.15, -0.1) is 0 Å². The lowest BCUT2D eigenvalue weighted by Gasteiger charge is -2.43. The molecule has 0 aromatic carbocycles. The van der Waals surface area contributed by atoms with Gasteiger partial charge in [-0.05, 0) is 11.6 Å². The van der Waals surface area contributed by atoms with Crippen LogP contribution in [0, 0.1) is 11.3 Å². The number of thioether (sulfide) groups is 1. The molecular weight excluding hydrogens is 466 g/mol. The molecule has 1 aromatic rings. The van der Waals surface area contributed by atoms with Crippen molar-refractivity contribution in [2.75, 3.05) is 6.61 Å². The first kappa shape index (κ1) is 25.2. The minimum Gasteiger partial charge on any atom is -0.463 e. The first-order chi connectivity index (χ1) is 15.2. The van der Waals surface area contributed by atoms with E-state index in [0.29, 0.717) is 4.90 Å². The van der Waals surface area contributed by atoms with Crippen LogP contribution in [0.25, 0.3) is 10.4 Å².